The van der Waals surface area contributed by atoms with Gasteiger partial charge in [0.25, 0.3) is 0 Å². The highest BCUT2D eigenvalue weighted by atomic mass is 16.1. The first-order chi connectivity index (χ1) is 5.13. The first-order valence-corrected chi connectivity index (χ1v) is 3.78. The Morgan fingerprint density at radius 1 is 1.09 bits per heavy atom. The Bertz CT molecular complexity index is 362. The van der Waals surface area contributed by atoms with Crippen LogP contribution in [-0.2, 0) is 0 Å². The third-order valence-corrected chi connectivity index (χ3v) is 2.58. The predicted molar refractivity (Wildman–Crippen MR) is 44.1 cm³/mol. The molecule has 56 valence electrons. The molecule has 0 saturated carbocycles. The van der Waals surface area contributed by atoms with E-state index < -0.39 is 0 Å². The van der Waals surface area contributed by atoms with E-state index in [1.165, 1.54) is 11.1 Å². The van der Waals surface area contributed by atoms with E-state index in [2.05, 4.69) is 0 Å². The highest BCUT2D eigenvalue weighted by molar-refractivity contribution is 6.20. The number of aryl methyl sites for hydroxylation is 2. The van der Waals surface area contributed by atoms with Gasteiger partial charge in [-0.3, -0.25) is 4.79 Å². The van der Waals surface area contributed by atoms with Crippen molar-refractivity contribution in [2.45, 2.75) is 20.8 Å². The van der Waals surface area contributed by atoms with E-state index in [1.54, 1.807) is 0 Å². The zero-order valence-electron chi connectivity index (χ0n) is 6.99. The van der Waals surface area contributed by atoms with Crippen LogP contribution in [0, 0.1) is 20.8 Å². The number of fused-ring (bicyclic) bond motifs is 2. The molecule has 2 bridgehead atoms. The molecular weight excluding hydrogens is 136 g/mol. The first-order valence-electron chi connectivity index (χ1n) is 3.78. The molecule has 1 aromatic rings. The predicted octanol–water partition coefficient (Wildman–Crippen LogP) is 2.16. The lowest BCUT2D eigenvalue weighted by Gasteiger charge is -2.23. The average Bonchev–Trinajstić information content (AvgIpc) is 1.97. The lowest BCUT2D eigenvalue weighted by Crippen LogP contribution is -2.20. The number of rotatable bonds is 0. The Morgan fingerprint density at radius 2 is 1.73 bits per heavy atom. The summed E-state index contributed by atoms with van der Waals surface area (Å²) in [6.07, 6.45) is 0. The molecule has 1 aromatic carbocycles. The molecule has 0 heterocycles. The Kier molecular flexibility index (Phi) is 1.04. The minimum Gasteiger partial charge on any atom is -0.289 e. The maximum absolute atomic E-state index is 11.2. The largest absolute Gasteiger partial charge is 0.289 e. The fraction of sp³-hybridized carbons (Fsp3) is 0.300. The van der Waals surface area contributed by atoms with E-state index in [4.69, 9.17) is 0 Å². The fourth-order valence-corrected chi connectivity index (χ4v) is 1.69. The maximum atomic E-state index is 11.2. The first kappa shape index (κ1) is 6.59. The molecule has 0 unspecified atom stereocenters. The molecule has 0 N–H and O–H groups in total. The molecule has 2 aliphatic rings. The summed E-state index contributed by atoms with van der Waals surface area (Å²) in [7, 11) is 0. The zero-order valence-corrected chi connectivity index (χ0v) is 6.99. The van der Waals surface area contributed by atoms with Crippen LogP contribution in [0.4, 0.5) is 0 Å². The van der Waals surface area contributed by atoms with Crippen LogP contribution in [0.1, 0.15) is 32.6 Å². The molecule has 0 aromatic heterocycles. The smallest absolute Gasteiger partial charge is 0.193 e. The average molecular weight is 146 g/mol. The molecule has 0 spiro atoms. The molecule has 11 heavy (non-hydrogen) atoms. The van der Waals surface area contributed by atoms with E-state index in [1.807, 2.05) is 26.8 Å². The summed E-state index contributed by atoms with van der Waals surface area (Å²) < 4.78 is 0. The van der Waals surface area contributed by atoms with Crippen molar-refractivity contribution in [3.63, 3.8) is 0 Å². The minimum atomic E-state index is 0.241. The third-order valence-electron chi connectivity index (χ3n) is 2.58. The second kappa shape index (κ2) is 1.73. The molecule has 0 radical (unpaired) electrons. The lowest BCUT2D eigenvalue weighted by atomic mass is 9.79. The summed E-state index contributed by atoms with van der Waals surface area (Å²) in [5.74, 6) is 0.241. The topological polar surface area (TPSA) is 17.1 Å². The van der Waals surface area contributed by atoms with Gasteiger partial charge < -0.3 is 0 Å². The Labute approximate surface area is 66.0 Å². The zero-order chi connectivity index (χ0) is 8.17. The molecule has 0 atom stereocenters. The van der Waals surface area contributed by atoms with Gasteiger partial charge in [-0.05, 0) is 43.5 Å². The quantitative estimate of drug-likeness (QED) is 0.556. The van der Waals surface area contributed by atoms with Crippen molar-refractivity contribution in [3.05, 3.63) is 33.9 Å². The van der Waals surface area contributed by atoms with Crippen molar-refractivity contribution >= 4 is 5.78 Å². The summed E-state index contributed by atoms with van der Waals surface area (Å²) in [5.41, 5.74) is 5.45. The van der Waals surface area contributed by atoms with Gasteiger partial charge >= 0.3 is 0 Å². The number of hydrogen-bond donors (Lipinski definition) is 0. The summed E-state index contributed by atoms with van der Waals surface area (Å²) in [6, 6.07) is 1.99. The number of carbonyl (C=O) groups is 1. The molecule has 0 aliphatic heterocycles. The van der Waals surface area contributed by atoms with Crippen molar-refractivity contribution in [1.82, 2.24) is 0 Å². The van der Waals surface area contributed by atoms with Crippen LogP contribution < -0.4 is 0 Å². The van der Waals surface area contributed by atoms with Crippen molar-refractivity contribution < 1.29 is 4.79 Å². The van der Waals surface area contributed by atoms with Gasteiger partial charge in [0.05, 0.1) is 0 Å². The van der Waals surface area contributed by atoms with Crippen molar-refractivity contribution in [1.29, 1.82) is 0 Å². The number of benzene rings is 1. The fourth-order valence-electron chi connectivity index (χ4n) is 1.69. The van der Waals surface area contributed by atoms with Crippen molar-refractivity contribution in [2.75, 3.05) is 0 Å². The molecule has 0 fully saturated rings. The van der Waals surface area contributed by atoms with Crippen LogP contribution in [0.3, 0.4) is 0 Å². The van der Waals surface area contributed by atoms with Gasteiger partial charge in [0, 0.05) is 11.1 Å². The summed E-state index contributed by atoms with van der Waals surface area (Å²) >= 11 is 0. The van der Waals surface area contributed by atoms with Crippen LogP contribution in [0.15, 0.2) is 6.07 Å². The van der Waals surface area contributed by atoms with E-state index in [-0.39, 0.29) is 5.78 Å². The molecule has 3 rings (SSSR count). The van der Waals surface area contributed by atoms with Crippen molar-refractivity contribution in [2.24, 2.45) is 0 Å². The second-order valence-electron chi connectivity index (χ2n) is 3.20. The van der Waals surface area contributed by atoms with Gasteiger partial charge in [-0.15, -0.1) is 0 Å². The summed E-state index contributed by atoms with van der Waals surface area (Å²) in [4.78, 5) is 11.2. The molecule has 1 nitrogen and oxygen atoms in total. The van der Waals surface area contributed by atoms with E-state index in [9.17, 15) is 4.79 Å². The second-order valence-corrected chi connectivity index (χ2v) is 3.20. The summed E-state index contributed by atoms with van der Waals surface area (Å²) in [6.45, 7) is 6.07. The Morgan fingerprint density at radius 3 is 2.09 bits per heavy atom. The summed E-state index contributed by atoms with van der Waals surface area (Å²) in [5, 5.41) is 0. The number of hydrogen-bond acceptors (Lipinski definition) is 1. The van der Waals surface area contributed by atoms with Gasteiger partial charge in [-0.1, -0.05) is 0 Å². The monoisotopic (exact) mass is 146 g/mol. The van der Waals surface area contributed by atoms with E-state index in [0.717, 1.165) is 16.7 Å². The molecule has 2 aliphatic carbocycles. The van der Waals surface area contributed by atoms with Crippen molar-refractivity contribution in [3.8, 4) is 0 Å². The number of carbonyl (C=O) groups excluding carboxylic acids is 1. The van der Waals surface area contributed by atoms with Gasteiger partial charge in [0.2, 0.25) is 0 Å². The molecule has 0 saturated heterocycles. The Hall–Kier alpha value is -1.11. The molecule has 0 amide bonds. The van der Waals surface area contributed by atoms with Crippen LogP contribution >= 0.6 is 0 Å². The van der Waals surface area contributed by atoms with Gasteiger partial charge in [-0.2, -0.15) is 0 Å². The molecule has 1 heteroatoms. The van der Waals surface area contributed by atoms with Gasteiger partial charge in [0.15, 0.2) is 5.78 Å². The Balaban J connectivity index is 2.82. The van der Waals surface area contributed by atoms with E-state index >= 15 is 0 Å². The number of ketones is 1. The normalized spacial score (nSPS) is 13.2. The van der Waals surface area contributed by atoms with Crippen LogP contribution in [-0.4, -0.2) is 5.78 Å². The minimum absolute atomic E-state index is 0.241. The van der Waals surface area contributed by atoms with Crippen LogP contribution in [0.2, 0.25) is 0 Å². The standard InChI is InChI=1S/C10H10O/c1-5-4-8-7(3)9(6(5)2)10(8)11/h4H,1-3H3. The van der Waals surface area contributed by atoms with Gasteiger partial charge in [-0.25, -0.2) is 0 Å². The third kappa shape index (κ3) is 0.584. The molecular formula is C10H10O. The lowest BCUT2D eigenvalue weighted by molar-refractivity contribution is 0.102. The van der Waals surface area contributed by atoms with Crippen LogP contribution in [0.5, 0.6) is 0 Å². The SMILES string of the molecule is Cc1cc2c(C)c(c1C)C2=O. The maximum Gasteiger partial charge on any atom is 0.193 e. The van der Waals surface area contributed by atoms with Crippen LogP contribution in [0.25, 0.3) is 0 Å². The highest BCUT2D eigenvalue weighted by Crippen LogP contribution is 2.33. The highest BCUT2D eigenvalue weighted by Gasteiger charge is 2.29. The van der Waals surface area contributed by atoms with E-state index in [0.29, 0.717) is 0 Å². The van der Waals surface area contributed by atoms with Gasteiger partial charge in [0.1, 0.15) is 0 Å².